The first-order valence-corrected chi connectivity index (χ1v) is 9.13. The van der Waals surface area contributed by atoms with E-state index in [2.05, 4.69) is 10.6 Å². The summed E-state index contributed by atoms with van der Waals surface area (Å²) >= 11 is 0. The molecule has 3 aliphatic rings. The van der Waals surface area contributed by atoms with Gasteiger partial charge in [0.15, 0.2) is 0 Å². The zero-order valence-corrected chi connectivity index (χ0v) is 13.8. The molecule has 5 heteroatoms. The number of benzene rings is 1. The molecule has 2 heterocycles. The van der Waals surface area contributed by atoms with Gasteiger partial charge >= 0.3 is 0 Å². The highest BCUT2D eigenvalue weighted by Gasteiger charge is 2.52. The SMILES string of the molecule is O=C(Cn1c(C2CC2)nc2ccccc21)N1CCCC1C1(O)CC1. The van der Waals surface area contributed by atoms with Gasteiger partial charge in [-0.2, -0.15) is 0 Å². The Hall–Kier alpha value is -1.88. The van der Waals surface area contributed by atoms with Crippen molar-refractivity contribution in [3.05, 3.63) is 30.1 Å². The molecule has 2 saturated carbocycles. The number of carbonyl (C=O) groups is 1. The van der Waals surface area contributed by atoms with Crippen molar-refractivity contribution in [1.29, 1.82) is 0 Å². The number of aromatic nitrogens is 2. The summed E-state index contributed by atoms with van der Waals surface area (Å²) in [5.74, 6) is 1.69. The molecule has 2 aromatic rings. The first-order valence-electron chi connectivity index (χ1n) is 9.13. The standard InChI is InChI=1S/C19H23N3O2/c23-17(21-11-3-6-16(21)19(24)9-10-19)12-22-15-5-2-1-4-14(15)20-18(22)13-7-8-13/h1-2,4-5,13,16,24H,3,6-12H2. The molecule has 24 heavy (non-hydrogen) atoms. The van der Waals surface area contributed by atoms with Gasteiger partial charge in [0, 0.05) is 12.5 Å². The van der Waals surface area contributed by atoms with E-state index in [1.807, 2.05) is 23.1 Å². The fraction of sp³-hybridized carbons (Fsp3) is 0.579. The van der Waals surface area contributed by atoms with Gasteiger partial charge < -0.3 is 14.6 Å². The van der Waals surface area contributed by atoms with Gasteiger partial charge in [0.2, 0.25) is 5.91 Å². The van der Waals surface area contributed by atoms with Gasteiger partial charge in [-0.3, -0.25) is 4.79 Å². The van der Waals surface area contributed by atoms with Crippen LogP contribution < -0.4 is 0 Å². The second-order valence-corrected chi connectivity index (χ2v) is 7.67. The molecule has 1 N–H and O–H groups in total. The number of para-hydroxylation sites is 2. The third-order valence-corrected chi connectivity index (χ3v) is 5.88. The Kier molecular flexibility index (Phi) is 3.05. The summed E-state index contributed by atoms with van der Waals surface area (Å²) in [6.07, 6.45) is 5.94. The highest BCUT2D eigenvalue weighted by Crippen LogP contribution is 2.45. The van der Waals surface area contributed by atoms with E-state index in [1.165, 1.54) is 12.8 Å². The van der Waals surface area contributed by atoms with E-state index in [-0.39, 0.29) is 11.9 Å². The lowest BCUT2D eigenvalue weighted by molar-refractivity contribution is -0.135. The van der Waals surface area contributed by atoms with Crippen molar-refractivity contribution in [3.63, 3.8) is 0 Å². The average molecular weight is 325 g/mol. The highest BCUT2D eigenvalue weighted by molar-refractivity contribution is 5.82. The van der Waals surface area contributed by atoms with Crippen LogP contribution in [0.25, 0.3) is 11.0 Å². The monoisotopic (exact) mass is 325 g/mol. The summed E-state index contributed by atoms with van der Waals surface area (Å²) in [4.78, 5) is 19.7. The highest BCUT2D eigenvalue weighted by atomic mass is 16.3. The van der Waals surface area contributed by atoms with Gasteiger partial charge in [-0.15, -0.1) is 0 Å². The van der Waals surface area contributed by atoms with E-state index in [0.717, 1.165) is 49.1 Å². The molecule has 1 aliphatic heterocycles. The third kappa shape index (κ3) is 2.25. The van der Waals surface area contributed by atoms with Crippen molar-refractivity contribution in [3.8, 4) is 0 Å². The van der Waals surface area contributed by atoms with Crippen molar-refractivity contribution in [2.75, 3.05) is 6.54 Å². The number of hydrogen-bond donors (Lipinski definition) is 1. The van der Waals surface area contributed by atoms with E-state index in [0.29, 0.717) is 12.5 Å². The summed E-state index contributed by atoms with van der Waals surface area (Å²) in [6, 6.07) is 8.10. The molecule has 3 fully saturated rings. The first kappa shape index (κ1) is 14.5. The van der Waals surface area contributed by atoms with E-state index in [1.54, 1.807) is 0 Å². The van der Waals surface area contributed by atoms with Crippen LogP contribution in [0.15, 0.2) is 24.3 Å². The average Bonchev–Trinajstić information content (AvgIpc) is 3.48. The summed E-state index contributed by atoms with van der Waals surface area (Å²) in [6.45, 7) is 1.12. The molecular weight excluding hydrogens is 302 g/mol. The van der Waals surface area contributed by atoms with Gasteiger partial charge in [-0.25, -0.2) is 4.98 Å². The number of imidazole rings is 1. The molecule has 2 aliphatic carbocycles. The molecule has 1 unspecified atom stereocenters. The minimum Gasteiger partial charge on any atom is -0.388 e. The van der Waals surface area contributed by atoms with Crippen LogP contribution in [-0.4, -0.2) is 43.7 Å². The fourth-order valence-corrected chi connectivity index (χ4v) is 4.22. The van der Waals surface area contributed by atoms with E-state index in [9.17, 15) is 9.90 Å². The van der Waals surface area contributed by atoms with E-state index in [4.69, 9.17) is 4.98 Å². The topological polar surface area (TPSA) is 58.4 Å². The molecule has 5 rings (SSSR count). The maximum absolute atomic E-state index is 13.0. The number of nitrogens with zero attached hydrogens (tertiary/aromatic N) is 3. The first-order chi connectivity index (χ1) is 11.7. The minimum absolute atomic E-state index is 0.0177. The second-order valence-electron chi connectivity index (χ2n) is 7.67. The molecular formula is C19H23N3O2. The Labute approximate surface area is 141 Å². The Morgan fingerprint density at radius 3 is 2.79 bits per heavy atom. The molecule has 0 bridgehead atoms. The maximum atomic E-state index is 13.0. The largest absolute Gasteiger partial charge is 0.388 e. The molecule has 1 saturated heterocycles. The lowest BCUT2D eigenvalue weighted by atomic mass is 10.1. The minimum atomic E-state index is -0.609. The Morgan fingerprint density at radius 1 is 1.25 bits per heavy atom. The van der Waals surface area contributed by atoms with Crippen LogP contribution in [0.1, 0.15) is 50.3 Å². The third-order valence-electron chi connectivity index (χ3n) is 5.88. The number of carbonyl (C=O) groups excluding carboxylic acids is 1. The van der Waals surface area contributed by atoms with Crippen LogP contribution in [0, 0.1) is 0 Å². The van der Waals surface area contributed by atoms with Crippen LogP contribution in [-0.2, 0) is 11.3 Å². The number of amides is 1. The molecule has 1 aromatic carbocycles. The number of aliphatic hydroxyl groups is 1. The predicted octanol–water partition coefficient (Wildman–Crippen LogP) is 2.43. The number of fused-ring (bicyclic) bond motifs is 1. The van der Waals surface area contributed by atoms with E-state index >= 15 is 0 Å². The second kappa shape index (κ2) is 5.06. The van der Waals surface area contributed by atoms with Crippen LogP contribution >= 0.6 is 0 Å². The van der Waals surface area contributed by atoms with Gasteiger partial charge in [-0.1, -0.05) is 12.1 Å². The van der Waals surface area contributed by atoms with Gasteiger partial charge in [0.05, 0.1) is 22.7 Å². The summed E-state index contributed by atoms with van der Waals surface area (Å²) < 4.78 is 2.11. The molecule has 1 aromatic heterocycles. The fourth-order valence-electron chi connectivity index (χ4n) is 4.22. The predicted molar refractivity (Wildman–Crippen MR) is 90.6 cm³/mol. The zero-order valence-electron chi connectivity index (χ0n) is 13.8. The van der Waals surface area contributed by atoms with Crippen LogP contribution in [0.3, 0.4) is 0 Å². The number of hydrogen-bond acceptors (Lipinski definition) is 3. The Bertz CT molecular complexity index is 804. The van der Waals surface area contributed by atoms with Crippen LogP contribution in [0.4, 0.5) is 0 Å². The zero-order chi connectivity index (χ0) is 16.3. The van der Waals surface area contributed by atoms with Crippen molar-refractivity contribution < 1.29 is 9.90 Å². The quantitative estimate of drug-likeness (QED) is 0.939. The van der Waals surface area contributed by atoms with Crippen LogP contribution in [0.2, 0.25) is 0 Å². The summed E-state index contributed by atoms with van der Waals surface area (Å²) in [5.41, 5.74) is 1.42. The summed E-state index contributed by atoms with van der Waals surface area (Å²) in [5, 5.41) is 10.5. The van der Waals surface area contributed by atoms with Gasteiger partial charge in [0.25, 0.3) is 0 Å². The van der Waals surface area contributed by atoms with Crippen molar-refractivity contribution in [2.45, 2.75) is 62.6 Å². The molecule has 1 atom stereocenters. The normalized spacial score (nSPS) is 25.4. The summed E-state index contributed by atoms with van der Waals surface area (Å²) in [7, 11) is 0. The number of rotatable bonds is 4. The van der Waals surface area contributed by atoms with Crippen molar-refractivity contribution in [2.24, 2.45) is 0 Å². The van der Waals surface area contributed by atoms with Crippen molar-refractivity contribution >= 4 is 16.9 Å². The van der Waals surface area contributed by atoms with Crippen molar-refractivity contribution in [1.82, 2.24) is 14.5 Å². The molecule has 1 amide bonds. The molecule has 5 nitrogen and oxygen atoms in total. The van der Waals surface area contributed by atoms with Crippen LogP contribution in [0.5, 0.6) is 0 Å². The molecule has 126 valence electrons. The Morgan fingerprint density at radius 2 is 2.04 bits per heavy atom. The maximum Gasteiger partial charge on any atom is 0.242 e. The lowest BCUT2D eigenvalue weighted by Crippen LogP contribution is -2.45. The smallest absolute Gasteiger partial charge is 0.242 e. The van der Waals surface area contributed by atoms with Gasteiger partial charge in [-0.05, 0) is 50.7 Å². The molecule has 0 spiro atoms. The number of likely N-dealkylation sites (tertiary alicyclic amines) is 1. The Balaban J connectivity index is 1.46. The van der Waals surface area contributed by atoms with E-state index < -0.39 is 5.60 Å². The lowest BCUT2D eigenvalue weighted by Gasteiger charge is -2.29. The molecule has 0 radical (unpaired) electrons. The van der Waals surface area contributed by atoms with Gasteiger partial charge in [0.1, 0.15) is 12.4 Å².